The molecule has 0 aromatic rings. The average molecular weight is 1030 g/mol. The van der Waals surface area contributed by atoms with E-state index in [9.17, 15) is 132 Å². The Morgan fingerprint density at radius 3 is 0.857 bits per heavy atom. The van der Waals surface area contributed by atoms with Crippen molar-refractivity contribution in [2.45, 2.75) is 28.6 Å². The minimum atomic E-state index is -7.14. The van der Waals surface area contributed by atoms with E-state index >= 15 is 0 Å². The largest absolute Gasteiger partial charge is 1.00 e. The molecule has 0 aromatic heterocycles. The summed E-state index contributed by atoms with van der Waals surface area (Å²) in [4.78, 5) is 10.0. The molecule has 13 nitrogen and oxygen atoms in total. The molecule has 0 radical (unpaired) electrons. The number of Topliss-reactive ketones (excluding diaryl/α,β-unsaturated/α-hetero) is 1. The van der Waals surface area contributed by atoms with Gasteiger partial charge >= 0.3 is 144 Å². The van der Waals surface area contributed by atoms with Crippen LogP contribution in [0.4, 0.5) is 102 Å². The maximum Gasteiger partial charge on any atom is 1.00 e. The van der Waals surface area contributed by atoms with Crippen LogP contribution in [0, 0.1) is 0 Å². The van der Waals surface area contributed by atoms with Gasteiger partial charge in [-0.3, -0.25) is 9.53 Å². The summed E-state index contributed by atoms with van der Waals surface area (Å²) in [5.74, 6) is -15.2. The molecule has 0 aliphatic rings. The van der Waals surface area contributed by atoms with Crippen LogP contribution in [-0.2, 0) is 65.9 Å². The SMILES string of the molecule is FCC(F)(CF)OC(F)(F)C(F)=C(F)F.O=C(C(F)(F)S(=O)(=O)F)C(F)(F)S(=O)(=O)F.O=S(=O)(F)F.O=S(=O)(F)F.O=S(=O)(F)OC(F)(F)C(F)=C(F)F.[F-].[K+]. The molecule has 0 rings (SSSR count). The molecule has 0 unspecified atom stereocenters. The van der Waals surface area contributed by atoms with Crippen LogP contribution in [0.2, 0.25) is 0 Å². The Labute approximate surface area is 335 Å². The van der Waals surface area contributed by atoms with E-state index in [0.29, 0.717) is 0 Å². The molecule has 0 N–H and O–H groups in total. The second-order valence-electron chi connectivity index (χ2n) is 6.91. The van der Waals surface area contributed by atoms with Gasteiger partial charge in [0.05, 0.1) is 0 Å². The van der Waals surface area contributed by atoms with Crippen molar-refractivity contribution >= 4 is 58.0 Å². The van der Waals surface area contributed by atoms with Crippen LogP contribution in [0.15, 0.2) is 23.8 Å². The molecule has 0 saturated carbocycles. The van der Waals surface area contributed by atoms with Crippen LogP contribution in [0.3, 0.4) is 0 Å². The molecular formula is C12H4F25KO13S5. The predicted molar refractivity (Wildman–Crippen MR) is 116 cm³/mol. The Hall–Kier alpha value is -1.29. The third-order valence-electron chi connectivity index (χ3n) is 2.90. The maximum absolute atomic E-state index is 12.5. The molecule has 0 spiro atoms. The van der Waals surface area contributed by atoms with Crippen LogP contribution < -0.4 is 56.1 Å². The van der Waals surface area contributed by atoms with Gasteiger partial charge in [-0.2, -0.15) is 108 Å². The van der Waals surface area contributed by atoms with Gasteiger partial charge in [0.15, 0.2) is 13.3 Å². The fourth-order valence-corrected chi connectivity index (χ4v) is 2.22. The molecule has 0 amide bonds. The van der Waals surface area contributed by atoms with E-state index in [2.05, 4.69) is 8.92 Å². The zero-order chi connectivity index (χ0) is 45.7. The molecule has 0 aliphatic carbocycles. The first-order valence-electron chi connectivity index (χ1n) is 9.71. The summed E-state index contributed by atoms with van der Waals surface area (Å²) in [7, 11) is -31.8. The fourth-order valence-electron chi connectivity index (χ4n) is 1.14. The number of alkyl halides is 11. The second kappa shape index (κ2) is 24.7. The van der Waals surface area contributed by atoms with Gasteiger partial charge in [-0.05, 0) is 0 Å². The summed E-state index contributed by atoms with van der Waals surface area (Å²) in [6, 6.07) is 0. The summed E-state index contributed by atoms with van der Waals surface area (Å²) < 4.78 is 371. The van der Waals surface area contributed by atoms with Crippen molar-refractivity contribution in [3.05, 3.63) is 23.8 Å². The van der Waals surface area contributed by atoms with Crippen molar-refractivity contribution in [1.29, 1.82) is 0 Å². The molecule has 336 valence electrons. The minimum Gasteiger partial charge on any atom is -1.00 e. The number of halogens is 25. The average Bonchev–Trinajstić information content (AvgIpc) is 2.87. The van der Waals surface area contributed by atoms with Gasteiger partial charge < -0.3 is 4.70 Å². The van der Waals surface area contributed by atoms with Crippen molar-refractivity contribution < 1.29 is 214 Å². The first-order valence-corrected chi connectivity index (χ1v) is 16.4. The third-order valence-corrected chi connectivity index (χ3v) is 4.90. The number of hydrogen-bond acceptors (Lipinski definition) is 13. The Morgan fingerprint density at radius 2 is 0.696 bits per heavy atom. The monoisotopic (exact) mass is 1030 g/mol. The van der Waals surface area contributed by atoms with Crippen molar-refractivity contribution in [1.82, 2.24) is 0 Å². The summed E-state index contributed by atoms with van der Waals surface area (Å²) in [5.41, 5.74) is 0. The van der Waals surface area contributed by atoms with Crippen LogP contribution in [0.1, 0.15) is 0 Å². The molecule has 0 heterocycles. The van der Waals surface area contributed by atoms with Gasteiger partial charge in [-0.1, -0.05) is 27.2 Å². The standard InChI is InChI=1S/C6H4F8O.C3F6O5S2.C3F6O3S.2F2O2S.FH.K/c7-1-5(12,2-8)15-6(13,14)3(9)4(10)11;4-2(5,15(8,11)12)1(10)3(6,7)16(9,13)14;4-1(2(5)6)3(7,8)12-13(9,10)11;2*1-5(2,3)4;;/h1-2H2;;;;;1H;/q;;;;;;+1/p-1. The zero-order valence-electron chi connectivity index (χ0n) is 24.2. The Balaban J connectivity index is -0.000000113. The second-order valence-corrected chi connectivity index (χ2v) is 12.1. The van der Waals surface area contributed by atoms with E-state index in [-0.39, 0.29) is 56.1 Å². The fraction of sp³-hybridized carbons (Fsp3) is 0.583. The van der Waals surface area contributed by atoms with Crippen molar-refractivity contribution in [3.8, 4) is 0 Å². The Kier molecular flexibility index (Phi) is 30.6. The first kappa shape index (κ1) is 69.3. The van der Waals surface area contributed by atoms with E-state index in [1.165, 1.54) is 0 Å². The minimum absolute atomic E-state index is 0. The summed E-state index contributed by atoms with van der Waals surface area (Å²) in [6.45, 7) is -4.75. The van der Waals surface area contributed by atoms with Crippen LogP contribution >= 0.6 is 0 Å². The Morgan fingerprint density at radius 1 is 0.482 bits per heavy atom. The summed E-state index contributed by atoms with van der Waals surface area (Å²) in [5, 5.41) is -12.7. The van der Waals surface area contributed by atoms with Crippen LogP contribution in [-0.4, -0.2) is 89.8 Å². The van der Waals surface area contributed by atoms with Gasteiger partial charge in [0.25, 0.3) is 17.5 Å². The molecule has 0 atom stereocenters. The quantitative estimate of drug-likeness (QED) is 0.142. The normalized spacial score (nSPS) is 12.7. The number of ketones is 1. The summed E-state index contributed by atoms with van der Waals surface area (Å²) >= 11 is 0. The van der Waals surface area contributed by atoms with Crippen molar-refractivity contribution in [2.24, 2.45) is 0 Å². The molecule has 56 heavy (non-hydrogen) atoms. The van der Waals surface area contributed by atoms with Gasteiger partial charge in [0.1, 0.15) is 0 Å². The number of ether oxygens (including phenoxy) is 1. The van der Waals surface area contributed by atoms with Gasteiger partial charge in [-0.15, -0.1) is 0 Å². The third kappa shape index (κ3) is 31.7. The van der Waals surface area contributed by atoms with E-state index in [0.717, 1.165) is 0 Å². The van der Waals surface area contributed by atoms with E-state index in [1.54, 1.807) is 0 Å². The van der Waals surface area contributed by atoms with Crippen molar-refractivity contribution in [2.75, 3.05) is 13.3 Å². The van der Waals surface area contributed by atoms with Crippen LogP contribution in [0.5, 0.6) is 0 Å². The molecule has 0 saturated heterocycles. The number of hydrogen-bond donors (Lipinski definition) is 0. The molecule has 0 fully saturated rings. The maximum atomic E-state index is 12.5. The zero-order valence-corrected chi connectivity index (χ0v) is 31.4. The molecule has 0 aliphatic heterocycles. The number of carbonyl (C=O) groups excluding carboxylic acids is 1. The molecular weight excluding hydrogens is 1030 g/mol. The van der Waals surface area contributed by atoms with E-state index in [1.807, 2.05) is 0 Å². The van der Waals surface area contributed by atoms with E-state index in [4.69, 9.17) is 16.8 Å². The molecule has 0 bridgehead atoms. The van der Waals surface area contributed by atoms with Crippen molar-refractivity contribution in [3.63, 3.8) is 0 Å². The molecule has 0 aromatic carbocycles. The topological polar surface area (TPSA) is 206 Å². The molecule has 44 heteroatoms. The number of rotatable bonds is 12. The Bertz CT molecular complexity index is 1780. The van der Waals surface area contributed by atoms with Gasteiger partial charge in [0, 0.05) is 0 Å². The number of carbonyl (C=O) groups is 1. The van der Waals surface area contributed by atoms with Gasteiger partial charge in [0.2, 0.25) is 0 Å². The smallest absolute Gasteiger partial charge is 1.00 e. The van der Waals surface area contributed by atoms with E-state index < -0.39 is 124 Å². The van der Waals surface area contributed by atoms with Gasteiger partial charge in [-0.25, -0.2) is 13.2 Å². The van der Waals surface area contributed by atoms with Crippen LogP contribution in [0.25, 0.3) is 0 Å². The summed E-state index contributed by atoms with van der Waals surface area (Å²) in [6.07, 6.45) is -17.9. The first-order chi connectivity index (χ1) is 22.9. The predicted octanol–water partition coefficient (Wildman–Crippen LogP) is -0.146.